The third kappa shape index (κ3) is 3.38. The molecule has 0 saturated carbocycles. The summed E-state index contributed by atoms with van der Waals surface area (Å²) < 4.78 is 4.52. The molecule has 0 fully saturated rings. The van der Waals surface area contributed by atoms with Crippen molar-refractivity contribution < 1.29 is 9.53 Å². The molecule has 0 aliphatic heterocycles. The van der Waals surface area contributed by atoms with Crippen LogP contribution in [0.4, 0.5) is 0 Å². The van der Waals surface area contributed by atoms with Gasteiger partial charge < -0.3 is 10.5 Å². The number of nitrogens with two attached hydrogens (primary N) is 1. The Morgan fingerprint density at radius 1 is 1.47 bits per heavy atom. The first-order chi connectivity index (χ1) is 7.04. The van der Waals surface area contributed by atoms with Crippen LogP contribution >= 0.6 is 23.2 Å². The van der Waals surface area contributed by atoms with Crippen molar-refractivity contribution in [2.75, 3.05) is 7.11 Å². The summed E-state index contributed by atoms with van der Waals surface area (Å²) in [5, 5.41) is 0.889. The zero-order valence-electron chi connectivity index (χ0n) is 8.17. The van der Waals surface area contributed by atoms with E-state index in [1.807, 2.05) is 0 Å². The quantitative estimate of drug-likeness (QED) is 0.836. The van der Waals surface area contributed by atoms with Gasteiger partial charge in [-0.1, -0.05) is 29.3 Å². The Kier molecular flexibility index (Phi) is 4.39. The number of benzene rings is 1. The molecular formula is C10H11Cl2NO2. The van der Waals surface area contributed by atoms with E-state index in [4.69, 9.17) is 28.9 Å². The second kappa shape index (κ2) is 5.35. The summed E-state index contributed by atoms with van der Waals surface area (Å²) in [5.74, 6) is -0.353. The van der Waals surface area contributed by atoms with E-state index in [2.05, 4.69) is 4.74 Å². The molecule has 0 radical (unpaired) electrons. The Morgan fingerprint density at radius 2 is 2.13 bits per heavy atom. The van der Waals surface area contributed by atoms with Gasteiger partial charge in [-0.25, -0.2) is 0 Å². The molecule has 0 aliphatic carbocycles. The lowest BCUT2D eigenvalue weighted by molar-refractivity contribution is -0.141. The summed E-state index contributed by atoms with van der Waals surface area (Å²) in [6.07, 6.45) is 0.120. The van der Waals surface area contributed by atoms with Gasteiger partial charge in [0.25, 0.3) is 0 Å². The summed E-state index contributed by atoms with van der Waals surface area (Å²) in [6, 6.07) is 4.61. The van der Waals surface area contributed by atoms with Crippen LogP contribution in [0.1, 0.15) is 18.0 Å². The minimum absolute atomic E-state index is 0.120. The van der Waals surface area contributed by atoms with E-state index >= 15 is 0 Å². The van der Waals surface area contributed by atoms with E-state index in [-0.39, 0.29) is 12.4 Å². The number of hydrogen-bond donors (Lipinski definition) is 1. The minimum Gasteiger partial charge on any atom is -0.469 e. The number of ether oxygens (including phenoxy) is 1. The highest BCUT2D eigenvalue weighted by Gasteiger charge is 2.12. The average Bonchev–Trinajstić information content (AvgIpc) is 2.21. The van der Waals surface area contributed by atoms with Gasteiger partial charge in [0.05, 0.1) is 23.6 Å². The van der Waals surface area contributed by atoms with Crippen molar-refractivity contribution in [2.45, 2.75) is 12.5 Å². The lowest BCUT2D eigenvalue weighted by Gasteiger charge is -2.11. The second-order valence-corrected chi connectivity index (χ2v) is 3.87. The Balaban J connectivity index is 2.78. The Labute approximate surface area is 98.1 Å². The first-order valence-electron chi connectivity index (χ1n) is 4.32. The molecule has 0 unspecified atom stereocenters. The minimum atomic E-state index is -0.424. The number of carbonyl (C=O) groups excluding carboxylic acids is 1. The zero-order chi connectivity index (χ0) is 11.4. The van der Waals surface area contributed by atoms with Crippen molar-refractivity contribution in [3.8, 4) is 0 Å². The maximum atomic E-state index is 11.0. The van der Waals surface area contributed by atoms with E-state index in [1.165, 1.54) is 7.11 Å². The number of methoxy groups -OCH3 is 1. The zero-order valence-corrected chi connectivity index (χ0v) is 9.68. The molecule has 1 aromatic rings. The van der Waals surface area contributed by atoms with Crippen molar-refractivity contribution >= 4 is 29.2 Å². The molecule has 0 aliphatic rings. The van der Waals surface area contributed by atoms with E-state index < -0.39 is 6.04 Å². The highest BCUT2D eigenvalue weighted by Crippen LogP contribution is 2.25. The van der Waals surface area contributed by atoms with Crippen molar-refractivity contribution in [1.82, 2.24) is 0 Å². The number of carbonyl (C=O) groups is 1. The van der Waals surface area contributed by atoms with Crippen LogP contribution in [-0.4, -0.2) is 13.1 Å². The van der Waals surface area contributed by atoms with Crippen molar-refractivity contribution in [1.29, 1.82) is 0 Å². The molecule has 3 nitrogen and oxygen atoms in total. The fourth-order valence-electron chi connectivity index (χ4n) is 1.12. The highest BCUT2D eigenvalue weighted by atomic mass is 35.5. The van der Waals surface area contributed by atoms with Crippen LogP contribution in [-0.2, 0) is 9.53 Å². The monoisotopic (exact) mass is 247 g/mol. The van der Waals surface area contributed by atoms with E-state index in [0.29, 0.717) is 10.0 Å². The molecule has 2 N–H and O–H groups in total. The van der Waals surface area contributed by atoms with Crippen LogP contribution in [0.2, 0.25) is 10.0 Å². The summed E-state index contributed by atoms with van der Waals surface area (Å²) in [5.41, 5.74) is 6.55. The lowest BCUT2D eigenvalue weighted by atomic mass is 10.1. The van der Waals surface area contributed by atoms with Crippen LogP contribution in [0, 0.1) is 0 Å². The van der Waals surface area contributed by atoms with Gasteiger partial charge in [0.2, 0.25) is 0 Å². The van der Waals surface area contributed by atoms with Gasteiger partial charge >= 0.3 is 5.97 Å². The Morgan fingerprint density at radius 3 is 2.67 bits per heavy atom. The maximum absolute atomic E-state index is 11.0. The molecule has 0 heterocycles. The summed E-state index contributed by atoms with van der Waals surface area (Å²) in [4.78, 5) is 11.0. The van der Waals surface area contributed by atoms with Gasteiger partial charge in [0.15, 0.2) is 0 Å². The number of hydrogen-bond acceptors (Lipinski definition) is 3. The molecule has 15 heavy (non-hydrogen) atoms. The normalized spacial score (nSPS) is 12.3. The van der Waals surface area contributed by atoms with Crippen LogP contribution in [0.3, 0.4) is 0 Å². The van der Waals surface area contributed by atoms with Crippen LogP contribution in [0.25, 0.3) is 0 Å². The smallest absolute Gasteiger partial charge is 0.307 e. The highest BCUT2D eigenvalue weighted by molar-refractivity contribution is 6.42. The third-order valence-corrected chi connectivity index (χ3v) is 2.73. The standard InChI is InChI=1S/C10H11Cl2NO2/c1-15-10(14)5-9(13)6-2-3-7(11)8(12)4-6/h2-4,9H,5,13H2,1H3/t9-/m1/s1. The van der Waals surface area contributed by atoms with Gasteiger partial charge in [-0.3, -0.25) is 4.79 Å². The molecule has 0 saturated heterocycles. The van der Waals surface area contributed by atoms with Crippen molar-refractivity contribution in [3.05, 3.63) is 33.8 Å². The van der Waals surface area contributed by atoms with Crippen molar-refractivity contribution in [3.63, 3.8) is 0 Å². The van der Waals surface area contributed by atoms with E-state index in [0.717, 1.165) is 5.56 Å². The molecule has 0 spiro atoms. The summed E-state index contributed by atoms with van der Waals surface area (Å²) in [6.45, 7) is 0. The fourth-order valence-corrected chi connectivity index (χ4v) is 1.43. The van der Waals surface area contributed by atoms with E-state index in [1.54, 1.807) is 18.2 Å². The van der Waals surface area contributed by atoms with E-state index in [9.17, 15) is 4.79 Å². The predicted molar refractivity (Wildman–Crippen MR) is 60.0 cm³/mol. The lowest BCUT2D eigenvalue weighted by Crippen LogP contribution is -2.16. The second-order valence-electron chi connectivity index (χ2n) is 3.06. The van der Waals surface area contributed by atoms with Gasteiger partial charge in [0.1, 0.15) is 0 Å². The molecule has 5 heteroatoms. The molecule has 0 aromatic heterocycles. The first kappa shape index (κ1) is 12.3. The van der Waals surface area contributed by atoms with Gasteiger partial charge in [-0.05, 0) is 17.7 Å². The van der Waals surface area contributed by atoms with Gasteiger partial charge in [0, 0.05) is 6.04 Å². The predicted octanol–water partition coefficient (Wildman–Crippen LogP) is 2.56. The SMILES string of the molecule is COC(=O)C[C@@H](N)c1ccc(Cl)c(Cl)c1. The molecule has 0 bridgehead atoms. The topological polar surface area (TPSA) is 52.3 Å². The van der Waals surface area contributed by atoms with Crippen molar-refractivity contribution in [2.24, 2.45) is 5.73 Å². The fraction of sp³-hybridized carbons (Fsp3) is 0.300. The first-order valence-corrected chi connectivity index (χ1v) is 5.07. The van der Waals surface area contributed by atoms with Crippen LogP contribution < -0.4 is 5.73 Å². The maximum Gasteiger partial charge on any atom is 0.307 e. The molecule has 1 atom stereocenters. The summed E-state index contributed by atoms with van der Waals surface area (Å²) >= 11 is 11.6. The Bertz CT molecular complexity index is 368. The third-order valence-electron chi connectivity index (χ3n) is 1.99. The Hall–Kier alpha value is -0.770. The van der Waals surface area contributed by atoms with Gasteiger partial charge in [-0.2, -0.15) is 0 Å². The average molecular weight is 248 g/mol. The number of rotatable bonds is 3. The van der Waals surface area contributed by atoms with Crippen LogP contribution in [0.15, 0.2) is 18.2 Å². The molecule has 1 aromatic carbocycles. The summed E-state index contributed by atoms with van der Waals surface area (Å²) in [7, 11) is 1.32. The van der Waals surface area contributed by atoms with Crippen LogP contribution in [0.5, 0.6) is 0 Å². The molecular weight excluding hydrogens is 237 g/mol. The molecule has 82 valence electrons. The molecule has 1 rings (SSSR count). The number of esters is 1. The largest absolute Gasteiger partial charge is 0.469 e. The molecule has 0 amide bonds. The number of halogens is 2. The van der Waals surface area contributed by atoms with Gasteiger partial charge in [-0.15, -0.1) is 0 Å².